The van der Waals surface area contributed by atoms with E-state index >= 15 is 0 Å². The molecule has 0 aromatic carbocycles. The largest absolute Gasteiger partial charge is 0.331 e. The molecule has 2 aliphatic rings. The van der Waals surface area contributed by atoms with Gasteiger partial charge in [-0.15, -0.1) is 11.7 Å². The predicted octanol–water partition coefficient (Wildman–Crippen LogP) is 0.993. The van der Waals surface area contributed by atoms with Crippen molar-refractivity contribution in [3.63, 3.8) is 0 Å². The van der Waals surface area contributed by atoms with E-state index in [-0.39, 0.29) is 5.91 Å². The fourth-order valence-corrected chi connectivity index (χ4v) is 2.91. The number of amides is 1. The van der Waals surface area contributed by atoms with Crippen molar-refractivity contribution in [3.8, 4) is 0 Å². The number of hydrogen-bond acceptors (Lipinski definition) is 4. The summed E-state index contributed by atoms with van der Waals surface area (Å²) < 4.78 is 1.80. The van der Waals surface area contributed by atoms with Crippen molar-refractivity contribution < 1.29 is 4.79 Å². The number of nitrogens with zero attached hydrogens (tertiary/aromatic N) is 4. The molecule has 20 heavy (non-hydrogen) atoms. The monoisotopic (exact) mass is 275 g/mol. The maximum absolute atomic E-state index is 12.6. The molecular formula is C14H21N5O. The molecule has 2 fully saturated rings. The van der Waals surface area contributed by atoms with Gasteiger partial charge in [-0.3, -0.25) is 4.79 Å². The van der Waals surface area contributed by atoms with E-state index in [4.69, 9.17) is 0 Å². The molecule has 1 aromatic heterocycles. The van der Waals surface area contributed by atoms with Gasteiger partial charge in [-0.25, -0.2) is 4.68 Å². The number of rotatable bonds is 5. The molecule has 1 aromatic rings. The number of carbonyl (C=O) groups excluding carboxylic acids is 1. The van der Waals surface area contributed by atoms with Crippen LogP contribution in [0.1, 0.15) is 42.2 Å². The van der Waals surface area contributed by atoms with Crippen molar-refractivity contribution in [2.24, 2.45) is 0 Å². The highest BCUT2D eigenvalue weighted by atomic mass is 16.2. The third kappa shape index (κ3) is 2.47. The Balaban J connectivity index is 1.74. The van der Waals surface area contributed by atoms with Crippen LogP contribution in [0, 0.1) is 0 Å². The molecule has 0 bridgehead atoms. The van der Waals surface area contributed by atoms with Gasteiger partial charge in [0.25, 0.3) is 5.91 Å². The number of hydrogen-bond donors (Lipinski definition) is 1. The Hall–Kier alpha value is -1.69. The Labute approximate surface area is 118 Å². The first-order valence-corrected chi connectivity index (χ1v) is 7.34. The predicted molar refractivity (Wildman–Crippen MR) is 75.4 cm³/mol. The zero-order chi connectivity index (χ0) is 13.9. The van der Waals surface area contributed by atoms with Crippen LogP contribution >= 0.6 is 0 Å². The zero-order valence-corrected chi connectivity index (χ0v) is 11.7. The highest BCUT2D eigenvalue weighted by Crippen LogP contribution is 2.24. The number of aromatic nitrogens is 3. The molecule has 1 N–H and O–H groups in total. The van der Waals surface area contributed by atoms with Crippen LogP contribution in [-0.4, -0.2) is 51.5 Å². The van der Waals surface area contributed by atoms with E-state index in [0.717, 1.165) is 25.9 Å². The van der Waals surface area contributed by atoms with Gasteiger partial charge >= 0.3 is 0 Å². The zero-order valence-electron chi connectivity index (χ0n) is 11.7. The molecule has 0 unspecified atom stereocenters. The molecule has 0 radical (unpaired) electrons. The van der Waals surface area contributed by atoms with Crippen molar-refractivity contribution in [2.45, 2.75) is 37.8 Å². The average molecular weight is 275 g/mol. The summed E-state index contributed by atoms with van der Waals surface area (Å²) in [7, 11) is 0. The van der Waals surface area contributed by atoms with Crippen molar-refractivity contribution in [1.29, 1.82) is 0 Å². The van der Waals surface area contributed by atoms with Crippen LogP contribution in [0.5, 0.6) is 0 Å². The standard InChI is InChI=1S/C14H21N5O/c1-2-7-18(11-5-3-4-6-11)14(20)13-10-19(17-16-13)12-8-15-9-12/h2,10-12,15H,1,3-9H2. The van der Waals surface area contributed by atoms with E-state index in [0.29, 0.717) is 24.3 Å². The Morgan fingerprint density at radius 1 is 1.50 bits per heavy atom. The molecule has 3 rings (SSSR count). The molecule has 2 heterocycles. The first-order chi connectivity index (χ1) is 9.79. The Kier molecular flexibility index (Phi) is 3.82. The van der Waals surface area contributed by atoms with Gasteiger partial charge in [0.15, 0.2) is 5.69 Å². The highest BCUT2D eigenvalue weighted by molar-refractivity contribution is 5.92. The van der Waals surface area contributed by atoms with E-state index in [1.807, 2.05) is 4.90 Å². The van der Waals surface area contributed by atoms with Crippen molar-refractivity contribution in [3.05, 3.63) is 24.5 Å². The molecule has 1 aliphatic heterocycles. The molecule has 0 spiro atoms. The summed E-state index contributed by atoms with van der Waals surface area (Å²) in [5, 5.41) is 11.3. The average Bonchev–Trinajstić information content (AvgIpc) is 3.04. The second-order valence-corrected chi connectivity index (χ2v) is 5.58. The van der Waals surface area contributed by atoms with Gasteiger partial charge in [-0.2, -0.15) is 0 Å². The minimum absolute atomic E-state index is 0.0182. The maximum atomic E-state index is 12.6. The first-order valence-electron chi connectivity index (χ1n) is 7.34. The van der Waals surface area contributed by atoms with Crippen LogP contribution in [0.15, 0.2) is 18.9 Å². The summed E-state index contributed by atoms with van der Waals surface area (Å²) in [5.41, 5.74) is 0.450. The summed E-state index contributed by atoms with van der Waals surface area (Å²) in [6.07, 6.45) is 8.13. The van der Waals surface area contributed by atoms with E-state index in [1.165, 1.54) is 12.8 Å². The minimum atomic E-state index is -0.0182. The van der Waals surface area contributed by atoms with Crippen LogP contribution in [0.3, 0.4) is 0 Å². The van der Waals surface area contributed by atoms with Crippen LogP contribution in [0.25, 0.3) is 0 Å². The van der Waals surface area contributed by atoms with Gasteiger partial charge in [0.05, 0.1) is 12.2 Å². The highest BCUT2D eigenvalue weighted by Gasteiger charge is 2.29. The topological polar surface area (TPSA) is 63.1 Å². The lowest BCUT2D eigenvalue weighted by Gasteiger charge is -2.27. The van der Waals surface area contributed by atoms with E-state index in [2.05, 4.69) is 22.2 Å². The smallest absolute Gasteiger partial charge is 0.276 e. The second-order valence-electron chi connectivity index (χ2n) is 5.58. The summed E-state index contributed by atoms with van der Waals surface area (Å²) in [4.78, 5) is 14.5. The van der Waals surface area contributed by atoms with Crippen molar-refractivity contribution >= 4 is 5.91 Å². The third-order valence-corrected chi connectivity index (χ3v) is 4.22. The lowest BCUT2D eigenvalue weighted by Crippen LogP contribution is -2.43. The van der Waals surface area contributed by atoms with Crippen LogP contribution in [0.4, 0.5) is 0 Å². The SMILES string of the molecule is C=CCN(C(=O)c1cn(C2CNC2)nn1)C1CCCC1. The van der Waals surface area contributed by atoms with E-state index in [1.54, 1.807) is 17.0 Å². The van der Waals surface area contributed by atoms with Gasteiger partial charge < -0.3 is 10.2 Å². The van der Waals surface area contributed by atoms with Gasteiger partial charge in [0, 0.05) is 25.7 Å². The van der Waals surface area contributed by atoms with Gasteiger partial charge in [-0.05, 0) is 12.8 Å². The maximum Gasteiger partial charge on any atom is 0.276 e. The lowest BCUT2D eigenvalue weighted by atomic mass is 10.2. The van der Waals surface area contributed by atoms with E-state index in [9.17, 15) is 4.79 Å². The van der Waals surface area contributed by atoms with Gasteiger partial charge in [-0.1, -0.05) is 24.1 Å². The summed E-state index contributed by atoms with van der Waals surface area (Å²) in [6.45, 7) is 6.14. The van der Waals surface area contributed by atoms with Gasteiger partial charge in [0.1, 0.15) is 0 Å². The molecule has 0 atom stereocenters. The molecule has 1 saturated carbocycles. The van der Waals surface area contributed by atoms with Crippen LogP contribution in [0.2, 0.25) is 0 Å². The summed E-state index contributed by atoms with van der Waals surface area (Å²) >= 11 is 0. The first kappa shape index (κ1) is 13.3. The van der Waals surface area contributed by atoms with E-state index < -0.39 is 0 Å². The Morgan fingerprint density at radius 3 is 2.85 bits per heavy atom. The minimum Gasteiger partial charge on any atom is -0.331 e. The number of carbonyl (C=O) groups is 1. The quantitative estimate of drug-likeness (QED) is 0.814. The fourth-order valence-electron chi connectivity index (χ4n) is 2.91. The molecule has 108 valence electrons. The van der Waals surface area contributed by atoms with Crippen molar-refractivity contribution in [1.82, 2.24) is 25.2 Å². The third-order valence-electron chi connectivity index (χ3n) is 4.22. The van der Waals surface area contributed by atoms with Crippen LogP contribution in [-0.2, 0) is 0 Å². The molecule has 6 nitrogen and oxygen atoms in total. The second kappa shape index (κ2) is 5.75. The Morgan fingerprint density at radius 2 is 2.25 bits per heavy atom. The molecule has 1 amide bonds. The lowest BCUT2D eigenvalue weighted by molar-refractivity contribution is 0.0700. The van der Waals surface area contributed by atoms with Gasteiger partial charge in [0.2, 0.25) is 0 Å². The molecule has 6 heteroatoms. The number of nitrogens with one attached hydrogen (secondary N) is 1. The van der Waals surface area contributed by atoms with Crippen LogP contribution < -0.4 is 5.32 Å². The molecule has 1 saturated heterocycles. The fraction of sp³-hybridized carbons (Fsp3) is 0.643. The normalized spacial score (nSPS) is 19.8. The summed E-state index contributed by atoms with van der Waals surface area (Å²) in [6, 6.07) is 0.666. The van der Waals surface area contributed by atoms with Crippen molar-refractivity contribution in [2.75, 3.05) is 19.6 Å². The summed E-state index contributed by atoms with van der Waals surface area (Å²) in [5.74, 6) is -0.0182. The molecular weight excluding hydrogens is 254 g/mol. The Bertz CT molecular complexity index is 488. The molecule has 1 aliphatic carbocycles.